The quantitative estimate of drug-likeness (QED) is 0.275. The number of hydrogen-bond donors (Lipinski definition) is 5. The molecular formula is C40H54N2O11. The Morgan fingerprint density at radius 3 is 2.19 bits per heavy atom. The van der Waals surface area contributed by atoms with Crippen molar-refractivity contribution >= 4 is 23.2 Å². The first kappa shape index (κ1) is 41.6. The molecule has 13 nitrogen and oxygen atoms in total. The van der Waals surface area contributed by atoms with E-state index in [0.717, 1.165) is 0 Å². The van der Waals surface area contributed by atoms with Crippen molar-refractivity contribution < 1.29 is 53.8 Å². The molecule has 4 aliphatic rings. The summed E-state index contributed by atoms with van der Waals surface area (Å²) in [5.74, 6) is -6.35. The van der Waals surface area contributed by atoms with Crippen LogP contribution in [-0.4, -0.2) is 102 Å². The van der Waals surface area contributed by atoms with Gasteiger partial charge in [-0.1, -0.05) is 58.1 Å². The molecule has 3 aliphatic heterocycles. The maximum Gasteiger partial charge on any atom is 0.272 e. The normalized spacial score (nSPS) is 35.1. The Bertz CT molecular complexity index is 1760. The lowest BCUT2D eigenvalue weighted by molar-refractivity contribution is -0.127. The molecule has 5 bridgehead atoms. The van der Waals surface area contributed by atoms with E-state index in [9.17, 15) is 34.8 Å². The molecule has 1 aromatic carbocycles. The average molecular weight is 739 g/mol. The van der Waals surface area contributed by atoms with Crippen molar-refractivity contribution in [3.05, 3.63) is 69.7 Å². The molecule has 290 valence electrons. The first-order valence-electron chi connectivity index (χ1n) is 17.9. The van der Waals surface area contributed by atoms with Gasteiger partial charge in [-0.25, -0.2) is 0 Å². The van der Waals surface area contributed by atoms with Crippen LogP contribution in [0.5, 0.6) is 11.5 Å². The Balaban J connectivity index is 1.78. The van der Waals surface area contributed by atoms with Gasteiger partial charge in [-0.15, -0.1) is 0 Å². The van der Waals surface area contributed by atoms with Crippen molar-refractivity contribution in [3.63, 3.8) is 0 Å². The number of ketones is 2. The minimum absolute atomic E-state index is 0.00518. The highest BCUT2D eigenvalue weighted by molar-refractivity contribution is 6.33. The third-order valence-electron chi connectivity index (χ3n) is 10.8. The summed E-state index contributed by atoms with van der Waals surface area (Å²) in [5, 5.41) is 47.6. The number of aliphatic hydroxyl groups excluding tert-OH is 3. The Kier molecular flexibility index (Phi) is 13.3. The third kappa shape index (κ3) is 7.90. The molecule has 0 fully saturated rings. The lowest BCUT2D eigenvalue weighted by Crippen LogP contribution is -2.44. The van der Waals surface area contributed by atoms with Gasteiger partial charge in [-0.05, 0) is 26.7 Å². The van der Waals surface area contributed by atoms with Crippen LogP contribution in [0.15, 0.2) is 52.4 Å². The topological polar surface area (TPSA) is 193 Å². The van der Waals surface area contributed by atoms with Crippen molar-refractivity contribution in [2.75, 3.05) is 27.9 Å². The minimum atomic E-state index is -1.78. The summed E-state index contributed by atoms with van der Waals surface area (Å²) < 4.78 is 23.4. The smallest absolute Gasteiger partial charge is 0.272 e. The highest BCUT2D eigenvalue weighted by atomic mass is 16.7. The van der Waals surface area contributed by atoms with Crippen LogP contribution in [0, 0.1) is 30.6 Å². The monoisotopic (exact) mass is 738 g/mol. The van der Waals surface area contributed by atoms with Crippen LogP contribution in [0.1, 0.15) is 86.2 Å². The Morgan fingerprint density at radius 1 is 0.925 bits per heavy atom. The average Bonchev–Trinajstić information content (AvgIpc) is 3.41. The van der Waals surface area contributed by atoms with Gasteiger partial charge in [0.25, 0.3) is 11.7 Å². The van der Waals surface area contributed by atoms with E-state index < -0.39 is 77.1 Å². The summed E-state index contributed by atoms with van der Waals surface area (Å²) in [5.41, 5.74) is -0.101. The summed E-state index contributed by atoms with van der Waals surface area (Å²) in [6, 6.07) is 0. The molecule has 0 radical (unpaired) electrons. The number of nitrogens with one attached hydrogen (secondary N) is 1. The zero-order valence-electron chi connectivity index (χ0n) is 32.2. The summed E-state index contributed by atoms with van der Waals surface area (Å²) in [6.07, 6.45) is 6.08. The molecule has 1 aromatic rings. The van der Waals surface area contributed by atoms with E-state index in [0.29, 0.717) is 12.8 Å². The summed E-state index contributed by atoms with van der Waals surface area (Å²) in [4.78, 5) is 46.0. The number of Topliss-reactive ketones (excluding diaryl/α,β-unsaturated/α-hetero) is 2. The zero-order chi connectivity index (χ0) is 39.5. The van der Waals surface area contributed by atoms with Crippen molar-refractivity contribution in [1.82, 2.24) is 5.32 Å². The van der Waals surface area contributed by atoms with Gasteiger partial charge in [0.1, 0.15) is 22.9 Å². The van der Waals surface area contributed by atoms with Crippen LogP contribution in [0.3, 0.4) is 0 Å². The largest absolute Gasteiger partial charge is 0.507 e. The number of benzene rings is 1. The molecule has 0 saturated carbocycles. The zero-order valence-corrected chi connectivity index (χ0v) is 32.2. The van der Waals surface area contributed by atoms with Crippen LogP contribution >= 0.6 is 0 Å². The second kappa shape index (κ2) is 16.9. The van der Waals surface area contributed by atoms with E-state index in [-0.39, 0.29) is 57.4 Å². The maximum atomic E-state index is 14.1. The lowest BCUT2D eigenvalue weighted by Gasteiger charge is -2.36. The molecule has 5 rings (SSSR count). The van der Waals surface area contributed by atoms with Crippen LogP contribution < -0.4 is 10.1 Å². The van der Waals surface area contributed by atoms with Gasteiger partial charge in [-0.3, -0.25) is 19.4 Å². The molecule has 9 atom stereocenters. The Morgan fingerprint density at radius 2 is 1.57 bits per heavy atom. The van der Waals surface area contributed by atoms with Crippen molar-refractivity contribution in [2.45, 2.75) is 91.5 Å². The number of phenols is 1. The number of carbonyl (C=O) groups excluding carboxylic acids is 3. The van der Waals surface area contributed by atoms with Crippen molar-refractivity contribution in [1.29, 1.82) is 0 Å². The summed E-state index contributed by atoms with van der Waals surface area (Å²) in [7, 11) is 4.27. The highest BCUT2D eigenvalue weighted by Gasteiger charge is 2.51. The maximum absolute atomic E-state index is 14.1. The van der Waals surface area contributed by atoms with Crippen molar-refractivity contribution in [3.8, 4) is 11.5 Å². The number of phenolic OH excluding ortho intramolecular Hbond substituents is 1. The van der Waals surface area contributed by atoms with E-state index in [1.807, 2.05) is 19.1 Å². The SMILES string of the molecule is CN=C1C(OC)=C2NC(=O)/C(C)=C\C=C\[C@H](C)[C@H](O)[C@@H](C)[C@@H](O)[C@@H](C)[C@H](O)[C@H](C)[C@@H](OC)/C=C/CCCO[C@@]3(C)Oc4c(C)c(O)c(c1c4C3=O)C2=O. The van der Waals surface area contributed by atoms with E-state index >= 15 is 0 Å². The number of fused-ring (bicyclic) bond motifs is 17. The number of rotatable bonds is 2. The Hall–Kier alpha value is -4.14. The van der Waals surface area contributed by atoms with Gasteiger partial charge in [0.2, 0.25) is 11.6 Å². The number of allylic oxidation sites excluding steroid dienone is 5. The van der Waals surface area contributed by atoms with Crippen LogP contribution in [0.25, 0.3) is 0 Å². The van der Waals surface area contributed by atoms with Crippen LogP contribution in [-0.2, 0) is 19.0 Å². The molecule has 0 saturated heterocycles. The third-order valence-corrected chi connectivity index (χ3v) is 10.8. The highest BCUT2D eigenvalue weighted by Crippen LogP contribution is 2.48. The molecular weight excluding hydrogens is 684 g/mol. The van der Waals surface area contributed by atoms with Crippen molar-refractivity contribution in [2.24, 2.45) is 28.7 Å². The number of amides is 1. The van der Waals surface area contributed by atoms with Gasteiger partial charge < -0.3 is 44.7 Å². The predicted molar refractivity (Wildman–Crippen MR) is 198 cm³/mol. The predicted octanol–water partition coefficient (Wildman–Crippen LogP) is 4.09. The number of methoxy groups -OCH3 is 2. The molecule has 0 aromatic heterocycles. The molecule has 13 heteroatoms. The fourth-order valence-corrected chi connectivity index (χ4v) is 7.17. The lowest BCUT2D eigenvalue weighted by atomic mass is 9.78. The molecule has 1 amide bonds. The molecule has 1 aliphatic carbocycles. The molecule has 0 spiro atoms. The number of aromatic hydroxyl groups is 1. The minimum Gasteiger partial charge on any atom is -0.507 e. The van der Waals surface area contributed by atoms with E-state index in [2.05, 4.69) is 10.3 Å². The van der Waals surface area contributed by atoms with Crippen LogP contribution in [0.4, 0.5) is 0 Å². The second-order valence-corrected chi connectivity index (χ2v) is 14.3. The number of ether oxygens (including phenoxy) is 4. The summed E-state index contributed by atoms with van der Waals surface area (Å²) in [6.45, 7) is 11.7. The molecule has 0 unspecified atom stereocenters. The van der Waals surface area contributed by atoms with Crippen LogP contribution in [0.2, 0.25) is 0 Å². The van der Waals surface area contributed by atoms with Gasteiger partial charge >= 0.3 is 0 Å². The van der Waals surface area contributed by atoms with Gasteiger partial charge in [0.15, 0.2) is 5.76 Å². The standard InChI is InChI=1S/C40H54N2O11/c1-19-15-14-16-20(2)39(49)42-30-35(47)27-26(29(41-8)37(30)51-10)28-36(24(6)34(27)46)53-40(7,38(28)48)52-18-13-11-12-17-25(50-9)21(3)32(44)23(5)33(45)22(4)31(19)43/h12,14-17,19,21-23,25,31-33,43-46H,11,13,18H2,1-10H3,(H,42,49)/b15-14+,17-12+,20-16-,41-29?/t19-,21+,22+,23-,25-,31-,32+,33+,40-/m0/s1. The Labute approximate surface area is 311 Å². The van der Waals surface area contributed by atoms with Gasteiger partial charge in [0, 0.05) is 61.5 Å². The van der Waals surface area contributed by atoms with E-state index in [1.165, 1.54) is 48.1 Å². The number of nitrogens with zero attached hydrogens (tertiary/aromatic N) is 1. The molecule has 5 N–H and O–H groups in total. The second-order valence-electron chi connectivity index (χ2n) is 14.3. The van der Waals surface area contributed by atoms with Gasteiger partial charge in [0.05, 0.1) is 49.3 Å². The number of carbonyl (C=O) groups is 3. The van der Waals surface area contributed by atoms with E-state index in [4.69, 9.17) is 18.9 Å². The molecule has 3 heterocycles. The number of aliphatic hydroxyl groups is 3. The first-order chi connectivity index (χ1) is 25.0. The van der Waals surface area contributed by atoms with Gasteiger partial charge in [-0.2, -0.15) is 0 Å². The fourth-order valence-electron chi connectivity index (χ4n) is 7.17. The number of hydrogen-bond acceptors (Lipinski definition) is 12. The number of aliphatic imine (C=N–C) groups is 1. The fraction of sp³-hybridized carbons (Fsp3) is 0.550. The summed E-state index contributed by atoms with van der Waals surface area (Å²) >= 11 is 0. The van der Waals surface area contributed by atoms with E-state index in [1.54, 1.807) is 32.9 Å². The molecule has 53 heavy (non-hydrogen) atoms. The first-order valence-corrected chi connectivity index (χ1v) is 17.9.